The van der Waals surface area contributed by atoms with Crippen LogP contribution in [0.4, 0.5) is 17.1 Å². The van der Waals surface area contributed by atoms with Crippen molar-refractivity contribution >= 4 is 31.6 Å². The molecular formula is C13H17N3OSe. The molecule has 2 aliphatic rings. The van der Waals surface area contributed by atoms with Gasteiger partial charge < -0.3 is 0 Å². The predicted octanol–water partition coefficient (Wildman–Crippen LogP) is 3.40. The first-order valence-corrected chi connectivity index (χ1v) is 7.89. The molecular weight excluding hydrogens is 293 g/mol. The van der Waals surface area contributed by atoms with E-state index in [9.17, 15) is 0 Å². The van der Waals surface area contributed by atoms with Crippen molar-refractivity contribution in [3.05, 3.63) is 18.2 Å². The minimum absolute atomic E-state index is 0.0381. The monoisotopic (exact) mass is 311 g/mol. The third kappa shape index (κ3) is 2.44. The van der Waals surface area contributed by atoms with Crippen LogP contribution in [-0.4, -0.2) is 32.8 Å². The first-order chi connectivity index (χ1) is 8.72. The summed E-state index contributed by atoms with van der Waals surface area (Å²) in [5.41, 5.74) is 3.21. The van der Waals surface area contributed by atoms with Gasteiger partial charge in [-0.05, 0) is 0 Å². The quantitative estimate of drug-likeness (QED) is 0.864. The fourth-order valence-corrected chi connectivity index (χ4v) is 3.82. The molecule has 0 aromatic heterocycles. The number of nitrogens with one attached hydrogen (secondary N) is 1. The van der Waals surface area contributed by atoms with Crippen molar-refractivity contribution in [1.29, 1.82) is 0 Å². The minimum atomic E-state index is 0.0381. The van der Waals surface area contributed by atoms with Gasteiger partial charge in [0.1, 0.15) is 0 Å². The molecule has 18 heavy (non-hydrogen) atoms. The molecule has 3 rings (SSSR count). The van der Waals surface area contributed by atoms with Gasteiger partial charge in [0.25, 0.3) is 0 Å². The van der Waals surface area contributed by atoms with Gasteiger partial charge in [-0.1, -0.05) is 0 Å². The van der Waals surface area contributed by atoms with Crippen LogP contribution in [0.3, 0.4) is 0 Å². The Morgan fingerprint density at radius 2 is 2.00 bits per heavy atom. The SMILES string of the molecule is CC1CC(Nc2cccc3c2N=[Se]=N3)CC(C)O1. The second-order valence-electron chi connectivity index (χ2n) is 5.01. The van der Waals surface area contributed by atoms with Gasteiger partial charge in [-0.25, -0.2) is 0 Å². The van der Waals surface area contributed by atoms with Crippen LogP contribution in [0, 0.1) is 0 Å². The normalized spacial score (nSPS) is 29.8. The molecule has 1 aromatic rings. The Bertz CT molecular complexity index is 515. The summed E-state index contributed by atoms with van der Waals surface area (Å²) in [6.07, 6.45) is 2.76. The van der Waals surface area contributed by atoms with E-state index in [1.54, 1.807) is 0 Å². The summed E-state index contributed by atoms with van der Waals surface area (Å²) >= 11 is 0.0381. The third-order valence-electron chi connectivity index (χ3n) is 3.34. The van der Waals surface area contributed by atoms with Crippen LogP contribution in [0.25, 0.3) is 0 Å². The van der Waals surface area contributed by atoms with Gasteiger partial charge in [0.2, 0.25) is 0 Å². The van der Waals surface area contributed by atoms with Gasteiger partial charge >= 0.3 is 113 Å². The van der Waals surface area contributed by atoms with E-state index in [1.165, 1.54) is 0 Å². The maximum atomic E-state index is 5.77. The Hall–Kier alpha value is -0.901. The Balaban J connectivity index is 1.77. The fraction of sp³-hybridized carbons (Fsp3) is 0.538. The zero-order valence-corrected chi connectivity index (χ0v) is 12.3. The number of hydrogen-bond donors (Lipinski definition) is 1. The second-order valence-corrected chi connectivity index (χ2v) is 6.12. The van der Waals surface area contributed by atoms with E-state index in [0.717, 1.165) is 29.9 Å². The van der Waals surface area contributed by atoms with Crippen LogP contribution < -0.4 is 5.32 Å². The molecule has 1 fully saturated rings. The maximum absolute atomic E-state index is 5.77. The zero-order chi connectivity index (χ0) is 12.5. The number of rotatable bonds is 2. The van der Waals surface area contributed by atoms with Crippen LogP contribution in [-0.2, 0) is 4.74 Å². The molecule has 1 N–H and O–H groups in total. The van der Waals surface area contributed by atoms with Gasteiger partial charge in [0.15, 0.2) is 0 Å². The molecule has 96 valence electrons. The summed E-state index contributed by atoms with van der Waals surface area (Å²) in [5, 5.41) is 3.62. The van der Waals surface area contributed by atoms with E-state index >= 15 is 0 Å². The molecule has 0 spiro atoms. The Morgan fingerprint density at radius 1 is 1.22 bits per heavy atom. The van der Waals surface area contributed by atoms with Crippen molar-refractivity contribution in [1.82, 2.24) is 0 Å². The van der Waals surface area contributed by atoms with E-state index in [2.05, 4.69) is 33.2 Å². The van der Waals surface area contributed by atoms with E-state index in [0.29, 0.717) is 18.2 Å². The molecule has 0 aliphatic carbocycles. The summed E-state index contributed by atoms with van der Waals surface area (Å²) in [6.45, 7) is 4.28. The summed E-state index contributed by atoms with van der Waals surface area (Å²) in [7, 11) is 0. The molecule has 0 bridgehead atoms. The topological polar surface area (TPSA) is 46.0 Å². The van der Waals surface area contributed by atoms with Gasteiger partial charge in [0, 0.05) is 0 Å². The Morgan fingerprint density at radius 3 is 2.78 bits per heavy atom. The number of anilines is 1. The molecule has 2 heterocycles. The van der Waals surface area contributed by atoms with Crippen LogP contribution in [0.1, 0.15) is 26.7 Å². The Labute approximate surface area is 113 Å². The van der Waals surface area contributed by atoms with Gasteiger partial charge in [-0.3, -0.25) is 0 Å². The van der Waals surface area contributed by atoms with Crippen LogP contribution in [0.5, 0.6) is 0 Å². The fourth-order valence-electron chi connectivity index (χ4n) is 2.67. The summed E-state index contributed by atoms with van der Waals surface area (Å²) in [5.74, 6) is 0. The first kappa shape index (κ1) is 12.1. The van der Waals surface area contributed by atoms with Crippen molar-refractivity contribution in [3.8, 4) is 0 Å². The molecule has 2 aliphatic heterocycles. The van der Waals surface area contributed by atoms with Crippen LogP contribution in [0.15, 0.2) is 26.1 Å². The molecule has 0 saturated carbocycles. The van der Waals surface area contributed by atoms with Gasteiger partial charge in [0.05, 0.1) is 0 Å². The van der Waals surface area contributed by atoms with Crippen molar-refractivity contribution in [2.24, 2.45) is 7.92 Å². The number of ether oxygens (including phenoxy) is 1. The molecule has 0 amide bonds. The number of hydrogen-bond acceptors (Lipinski definition) is 4. The zero-order valence-electron chi connectivity index (χ0n) is 10.6. The summed E-state index contributed by atoms with van der Waals surface area (Å²) in [4.78, 5) is 0. The summed E-state index contributed by atoms with van der Waals surface area (Å²) in [6, 6.07) is 6.66. The molecule has 1 saturated heterocycles. The average molecular weight is 310 g/mol. The molecule has 2 atom stereocenters. The summed E-state index contributed by atoms with van der Waals surface area (Å²) < 4.78 is 14.7. The van der Waals surface area contributed by atoms with Crippen molar-refractivity contribution < 1.29 is 4.74 Å². The van der Waals surface area contributed by atoms with Crippen molar-refractivity contribution in [3.63, 3.8) is 0 Å². The van der Waals surface area contributed by atoms with E-state index in [-0.39, 0.29) is 14.6 Å². The molecule has 0 radical (unpaired) electrons. The number of fused-ring (bicyclic) bond motifs is 1. The Kier molecular flexibility index (Phi) is 3.37. The predicted molar refractivity (Wildman–Crippen MR) is 73.0 cm³/mol. The van der Waals surface area contributed by atoms with E-state index < -0.39 is 0 Å². The average Bonchev–Trinajstić information content (AvgIpc) is 2.76. The molecule has 1 aromatic carbocycles. The third-order valence-corrected chi connectivity index (χ3v) is 4.48. The van der Waals surface area contributed by atoms with Gasteiger partial charge in [-0.2, -0.15) is 0 Å². The molecule has 2 unspecified atom stereocenters. The standard InChI is InChI=1S/C13H17N3OSe/c1-8-6-10(7-9(2)17-8)14-11-4-3-5-12-13(11)16-18-15-12/h3-5,8-10,14H,6-7H2,1-2H3. The molecule has 5 heteroatoms. The first-order valence-electron chi connectivity index (χ1n) is 6.35. The van der Waals surface area contributed by atoms with Gasteiger partial charge in [-0.15, -0.1) is 0 Å². The van der Waals surface area contributed by atoms with Crippen LogP contribution in [0.2, 0.25) is 0 Å². The second kappa shape index (κ2) is 5.00. The van der Waals surface area contributed by atoms with E-state index in [1.807, 2.05) is 12.1 Å². The van der Waals surface area contributed by atoms with E-state index in [4.69, 9.17) is 4.74 Å². The van der Waals surface area contributed by atoms with Crippen molar-refractivity contribution in [2.45, 2.75) is 44.9 Å². The number of nitrogens with zero attached hydrogens (tertiary/aromatic N) is 2. The number of benzene rings is 1. The molecule has 4 nitrogen and oxygen atoms in total. The van der Waals surface area contributed by atoms with Crippen molar-refractivity contribution in [2.75, 3.05) is 5.32 Å². The van der Waals surface area contributed by atoms with Crippen LogP contribution >= 0.6 is 0 Å².